The number of nitrogens with zero attached hydrogens (tertiary/aromatic N) is 2. The van der Waals surface area contributed by atoms with Gasteiger partial charge in [-0.1, -0.05) is 76.6 Å². The zero-order chi connectivity index (χ0) is 37.3. The fraction of sp³-hybridized carbons (Fsp3) is 0.447. The Labute approximate surface area is 304 Å². The predicted octanol–water partition coefficient (Wildman–Crippen LogP) is 5.23. The van der Waals surface area contributed by atoms with Crippen LogP contribution in [0.2, 0.25) is 0 Å². The van der Waals surface area contributed by atoms with Crippen molar-refractivity contribution >= 4 is 43.4 Å². The molecule has 2 amide bonds. The number of aliphatic hydroxyl groups excluding tert-OH is 1. The van der Waals surface area contributed by atoms with Gasteiger partial charge in [-0.3, -0.25) is 14.9 Å². The van der Waals surface area contributed by atoms with E-state index < -0.39 is 45.6 Å². The van der Waals surface area contributed by atoms with Gasteiger partial charge in [-0.25, -0.2) is 17.8 Å². The number of aromatic nitrogens is 1. The summed E-state index contributed by atoms with van der Waals surface area (Å²) in [5.41, 5.74) is 3.14. The fourth-order valence-electron chi connectivity index (χ4n) is 5.79. The summed E-state index contributed by atoms with van der Waals surface area (Å²) >= 11 is 1.35. The first-order valence-electron chi connectivity index (χ1n) is 17.3. The van der Waals surface area contributed by atoms with Gasteiger partial charge >= 0.3 is 0 Å². The lowest BCUT2D eigenvalue weighted by molar-refractivity contribution is -0.131. The quantitative estimate of drug-likeness (QED) is 0.110. The number of benzene rings is 3. The third-order valence-electron chi connectivity index (χ3n) is 9.04. The van der Waals surface area contributed by atoms with Crippen LogP contribution in [0.25, 0.3) is 10.2 Å². The van der Waals surface area contributed by atoms with Crippen LogP contribution in [0.1, 0.15) is 59.1 Å². The Morgan fingerprint density at radius 3 is 2.37 bits per heavy atom. The maximum absolute atomic E-state index is 14.0. The van der Waals surface area contributed by atoms with Gasteiger partial charge in [0, 0.05) is 18.6 Å². The molecule has 51 heavy (non-hydrogen) atoms. The summed E-state index contributed by atoms with van der Waals surface area (Å²) in [5.74, 6) is -1.61. The molecule has 4 N–H and O–H groups in total. The molecule has 4 rings (SSSR count). The molecular formula is C38H50FN5O5S2. The summed E-state index contributed by atoms with van der Waals surface area (Å²) in [4.78, 5) is 31.6. The van der Waals surface area contributed by atoms with Crippen molar-refractivity contribution in [3.8, 4) is 0 Å². The van der Waals surface area contributed by atoms with Crippen LogP contribution in [0.15, 0.2) is 83.2 Å². The van der Waals surface area contributed by atoms with E-state index in [1.165, 1.54) is 33.8 Å². The van der Waals surface area contributed by atoms with Gasteiger partial charge in [0.15, 0.2) is 0 Å². The molecule has 0 bridgehead atoms. The fourth-order valence-corrected chi connectivity index (χ4v) is 8.23. The van der Waals surface area contributed by atoms with E-state index in [2.05, 4.69) is 20.9 Å². The molecule has 1 heterocycles. The Morgan fingerprint density at radius 2 is 1.71 bits per heavy atom. The van der Waals surface area contributed by atoms with E-state index >= 15 is 0 Å². The van der Waals surface area contributed by atoms with Crippen molar-refractivity contribution in [3.05, 3.63) is 95.3 Å². The molecule has 10 nitrogen and oxygen atoms in total. The largest absolute Gasteiger partial charge is 0.390 e. The number of hydrogen-bond donors (Lipinski definition) is 4. The van der Waals surface area contributed by atoms with Gasteiger partial charge in [-0.15, -0.1) is 11.3 Å². The predicted molar refractivity (Wildman–Crippen MR) is 200 cm³/mol. The zero-order valence-electron chi connectivity index (χ0n) is 30.1. The molecule has 13 heteroatoms. The van der Waals surface area contributed by atoms with E-state index in [9.17, 15) is 27.5 Å². The number of nitrogens with one attached hydrogen (secondary N) is 3. The van der Waals surface area contributed by atoms with E-state index in [0.717, 1.165) is 10.3 Å². The van der Waals surface area contributed by atoms with Crippen LogP contribution in [0.3, 0.4) is 0 Å². The standard InChI is InChI=1S/C38H50FN5O5S2/c1-7-26(4)36(43-35(46)21-41-38(5,6)28-14-11-15-29(39)19-28)37(47)42-32(18-27-12-9-8-10-13-27)33(45)23-44(22-25(2)3)51(48,49)30-16-17-31-34(20-30)50-24-40-31/h8-17,19-20,24-26,32-33,36,41,45H,7,18,21-23H2,1-6H3,(H,42,47)(H,43,46)/t26?,32-,33+,36-/m0/s1. The SMILES string of the molecule is CCC(C)[C@H](NC(=O)CNC(C)(C)c1cccc(F)c1)C(=O)N[C@@H](Cc1ccccc1)[C@H](O)CN(CC(C)C)S(=O)(=O)c1ccc2ncsc2c1. The molecule has 4 atom stereocenters. The normalized spacial score (nSPS) is 14.7. The number of rotatable bonds is 18. The van der Waals surface area contributed by atoms with Gasteiger partial charge in [0.05, 0.1) is 39.3 Å². The van der Waals surface area contributed by atoms with Gasteiger partial charge in [0.25, 0.3) is 0 Å². The number of amides is 2. The van der Waals surface area contributed by atoms with Crippen molar-refractivity contribution < 1.29 is 27.5 Å². The Hall–Kier alpha value is -3.75. The molecule has 0 aliphatic heterocycles. The zero-order valence-corrected chi connectivity index (χ0v) is 31.7. The van der Waals surface area contributed by atoms with Crippen molar-refractivity contribution in [1.29, 1.82) is 0 Å². The van der Waals surface area contributed by atoms with Crippen molar-refractivity contribution in [2.24, 2.45) is 11.8 Å². The first kappa shape index (κ1) is 40.0. The highest BCUT2D eigenvalue weighted by Gasteiger charge is 2.34. The Morgan fingerprint density at radius 1 is 0.980 bits per heavy atom. The molecular weight excluding hydrogens is 690 g/mol. The first-order chi connectivity index (χ1) is 24.1. The minimum absolute atomic E-state index is 0.0502. The van der Waals surface area contributed by atoms with Crippen LogP contribution in [-0.4, -0.2) is 72.4 Å². The third-order valence-corrected chi connectivity index (χ3v) is 11.7. The lowest BCUT2D eigenvalue weighted by atomic mass is 9.94. The van der Waals surface area contributed by atoms with Crippen molar-refractivity contribution in [2.45, 2.75) is 83.0 Å². The summed E-state index contributed by atoms with van der Waals surface area (Å²) in [6, 6.07) is 18.4. The molecule has 0 fully saturated rings. The molecule has 0 aliphatic carbocycles. The van der Waals surface area contributed by atoms with Crippen LogP contribution in [0.5, 0.6) is 0 Å². The molecule has 0 saturated carbocycles. The van der Waals surface area contributed by atoms with Crippen LogP contribution in [0.4, 0.5) is 4.39 Å². The highest BCUT2D eigenvalue weighted by Crippen LogP contribution is 2.26. The van der Waals surface area contributed by atoms with Crippen molar-refractivity contribution in [1.82, 2.24) is 25.2 Å². The number of sulfonamides is 1. The smallest absolute Gasteiger partial charge is 0.243 e. The highest BCUT2D eigenvalue weighted by atomic mass is 32.2. The molecule has 0 spiro atoms. The summed E-state index contributed by atoms with van der Waals surface area (Å²) in [6.45, 7) is 11.0. The first-order valence-corrected chi connectivity index (χ1v) is 19.6. The van der Waals surface area contributed by atoms with Crippen LogP contribution < -0.4 is 16.0 Å². The number of carbonyl (C=O) groups excluding carboxylic acids is 2. The molecule has 4 aromatic rings. The second-order valence-electron chi connectivity index (χ2n) is 14.0. The summed E-state index contributed by atoms with van der Waals surface area (Å²) in [5, 5.41) is 20.7. The Kier molecular flexibility index (Phi) is 13.9. The lowest BCUT2D eigenvalue weighted by Crippen LogP contribution is -2.58. The van der Waals surface area contributed by atoms with Crippen LogP contribution >= 0.6 is 11.3 Å². The van der Waals surface area contributed by atoms with Gasteiger partial charge in [-0.05, 0) is 73.6 Å². The molecule has 276 valence electrons. The number of carbonyl (C=O) groups is 2. The minimum atomic E-state index is -4.03. The van der Waals surface area contributed by atoms with E-state index in [-0.39, 0.29) is 48.6 Å². The Balaban J connectivity index is 1.54. The second-order valence-corrected chi connectivity index (χ2v) is 16.8. The molecule has 3 aromatic carbocycles. The maximum Gasteiger partial charge on any atom is 0.243 e. The van der Waals surface area contributed by atoms with E-state index in [1.807, 2.05) is 71.9 Å². The monoisotopic (exact) mass is 739 g/mol. The molecule has 0 saturated heterocycles. The van der Waals surface area contributed by atoms with Crippen molar-refractivity contribution in [2.75, 3.05) is 19.6 Å². The maximum atomic E-state index is 14.0. The molecule has 1 unspecified atom stereocenters. The van der Waals surface area contributed by atoms with E-state index in [4.69, 9.17) is 0 Å². The minimum Gasteiger partial charge on any atom is -0.390 e. The highest BCUT2D eigenvalue weighted by molar-refractivity contribution is 7.89. The van der Waals surface area contributed by atoms with E-state index in [0.29, 0.717) is 17.5 Å². The number of fused-ring (bicyclic) bond motifs is 1. The Bertz CT molecular complexity index is 1870. The average Bonchev–Trinajstić information content (AvgIpc) is 3.57. The van der Waals surface area contributed by atoms with Crippen molar-refractivity contribution in [3.63, 3.8) is 0 Å². The molecule has 1 aromatic heterocycles. The van der Waals surface area contributed by atoms with Crippen LogP contribution in [-0.2, 0) is 31.6 Å². The topological polar surface area (TPSA) is 141 Å². The van der Waals surface area contributed by atoms with Gasteiger partial charge in [0.2, 0.25) is 21.8 Å². The summed E-state index contributed by atoms with van der Waals surface area (Å²) < 4.78 is 43.9. The average molecular weight is 740 g/mol. The van der Waals surface area contributed by atoms with Gasteiger partial charge < -0.3 is 15.7 Å². The summed E-state index contributed by atoms with van der Waals surface area (Å²) in [7, 11) is -4.03. The number of halogens is 1. The van der Waals surface area contributed by atoms with Crippen LogP contribution in [0, 0.1) is 17.7 Å². The van der Waals surface area contributed by atoms with E-state index in [1.54, 1.807) is 29.8 Å². The number of thiazole rings is 1. The number of aliphatic hydroxyl groups is 1. The molecule has 0 radical (unpaired) electrons. The number of hydrogen-bond acceptors (Lipinski definition) is 8. The molecule has 0 aliphatic rings. The summed E-state index contributed by atoms with van der Waals surface area (Å²) in [6.07, 6.45) is -0.491. The van der Waals surface area contributed by atoms with Gasteiger partial charge in [0.1, 0.15) is 11.9 Å². The second kappa shape index (κ2) is 17.6. The van der Waals surface area contributed by atoms with Gasteiger partial charge in [-0.2, -0.15) is 4.31 Å². The lowest BCUT2D eigenvalue weighted by Gasteiger charge is -2.32. The third kappa shape index (κ3) is 10.9.